The maximum absolute atomic E-state index is 5.43. The van der Waals surface area contributed by atoms with Crippen molar-refractivity contribution in [3.05, 3.63) is 12.2 Å². The predicted octanol–water partition coefficient (Wildman–Crippen LogP) is 0.797. The zero-order chi connectivity index (χ0) is 9.84. The van der Waals surface area contributed by atoms with E-state index in [9.17, 15) is 0 Å². The van der Waals surface area contributed by atoms with Gasteiger partial charge in [-0.2, -0.15) is 4.98 Å². The molecule has 0 amide bonds. The van der Waals surface area contributed by atoms with Gasteiger partial charge in [0.05, 0.1) is 0 Å². The van der Waals surface area contributed by atoms with E-state index in [1.807, 2.05) is 13.8 Å². The Labute approximate surface area is 77.4 Å². The number of anilines is 1. The van der Waals surface area contributed by atoms with Gasteiger partial charge in [0.25, 0.3) is 0 Å². The Morgan fingerprint density at radius 2 is 2.08 bits per heavy atom. The van der Waals surface area contributed by atoms with Crippen LogP contribution in [0.1, 0.15) is 25.8 Å². The van der Waals surface area contributed by atoms with Crippen molar-refractivity contribution in [2.45, 2.75) is 20.0 Å². The third-order valence-corrected chi connectivity index (χ3v) is 1.72. The standard InChI is InChI=1S/C8H14N4O/c1-5(2)6(13-3)7-10-4-11-8(9)12-7/h4-6H,1-3H3,(H2,9,10,11,12). The molecular formula is C8H14N4O. The fourth-order valence-corrected chi connectivity index (χ4v) is 1.14. The number of methoxy groups -OCH3 is 1. The van der Waals surface area contributed by atoms with Gasteiger partial charge in [-0.3, -0.25) is 0 Å². The van der Waals surface area contributed by atoms with Gasteiger partial charge in [-0.1, -0.05) is 13.8 Å². The summed E-state index contributed by atoms with van der Waals surface area (Å²) in [4.78, 5) is 11.7. The second kappa shape index (κ2) is 4.13. The minimum atomic E-state index is -0.120. The van der Waals surface area contributed by atoms with E-state index in [0.717, 1.165) is 0 Å². The highest BCUT2D eigenvalue weighted by atomic mass is 16.5. The first kappa shape index (κ1) is 9.85. The number of hydrogen-bond donors (Lipinski definition) is 1. The summed E-state index contributed by atoms with van der Waals surface area (Å²) in [6.45, 7) is 4.07. The van der Waals surface area contributed by atoms with Crippen LogP contribution in [0.4, 0.5) is 5.95 Å². The molecule has 0 saturated carbocycles. The number of ether oxygens (including phenoxy) is 1. The lowest BCUT2D eigenvalue weighted by Gasteiger charge is -2.16. The van der Waals surface area contributed by atoms with Gasteiger partial charge in [-0.15, -0.1) is 0 Å². The van der Waals surface area contributed by atoms with Crippen LogP contribution in [0.3, 0.4) is 0 Å². The number of nitrogens with zero attached hydrogens (tertiary/aromatic N) is 3. The lowest BCUT2D eigenvalue weighted by Crippen LogP contribution is -2.14. The van der Waals surface area contributed by atoms with Crippen LogP contribution in [0.15, 0.2) is 6.33 Å². The molecule has 0 fully saturated rings. The summed E-state index contributed by atoms with van der Waals surface area (Å²) in [5.74, 6) is 1.13. The van der Waals surface area contributed by atoms with E-state index >= 15 is 0 Å². The maximum Gasteiger partial charge on any atom is 0.223 e. The molecular weight excluding hydrogens is 168 g/mol. The molecule has 0 spiro atoms. The monoisotopic (exact) mass is 182 g/mol. The molecule has 5 heteroatoms. The highest BCUT2D eigenvalue weighted by molar-refractivity contribution is 5.13. The Kier molecular flexibility index (Phi) is 3.13. The second-order valence-corrected chi connectivity index (χ2v) is 3.10. The van der Waals surface area contributed by atoms with Gasteiger partial charge >= 0.3 is 0 Å². The van der Waals surface area contributed by atoms with Gasteiger partial charge in [0.15, 0.2) is 5.82 Å². The Hall–Kier alpha value is -1.23. The minimum absolute atomic E-state index is 0.120. The Balaban J connectivity index is 2.91. The van der Waals surface area contributed by atoms with Gasteiger partial charge in [0.2, 0.25) is 5.95 Å². The summed E-state index contributed by atoms with van der Waals surface area (Å²) in [5.41, 5.74) is 5.43. The van der Waals surface area contributed by atoms with E-state index in [2.05, 4.69) is 15.0 Å². The summed E-state index contributed by atoms with van der Waals surface area (Å²) >= 11 is 0. The zero-order valence-corrected chi connectivity index (χ0v) is 8.06. The van der Waals surface area contributed by atoms with Crippen LogP contribution in [-0.4, -0.2) is 22.1 Å². The van der Waals surface area contributed by atoms with E-state index in [1.54, 1.807) is 7.11 Å². The third-order valence-electron chi connectivity index (χ3n) is 1.72. The summed E-state index contributed by atoms with van der Waals surface area (Å²) < 4.78 is 5.24. The summed E-state index contributed by atoms with van der Waals surface area (Å²) in [7, 11) is 1.63. The molecule has 1 aromatic rings. The van der Waals surface area contributed by atoms with E-state index in [0.29, 0.717) is 11.7 Å². The van der Waals surface area contributed by atoms with Crippen LogP contribution in [0.2, 0.25) is 0 Å². The molecule has 0 aliphatic heterocycles. The zero-order valence-electron chi connectivity index (χ0n) is 8.06. The lowest BCUT2D eigenvalue weighted by atomic mass is 10.1. The highest BCUT2D eigenvalue weighted by Crippen LogP contribution is 2.21. The lowest BCUT2D eigenvalue weighted by molar-refractivity contribution is 0.0574. The van der Waals surface area contributed by atoms with Gasteiger partial charge in [-0.05, 0) is 5.92 Å². The Morgan fingerprint density at radius 3 is 2.54 bits per heavy atom. The van der Waals surface area contributed by atoms with Crippen LogP contribution in [0, 0.1) is 5.92 Å². The van der Waals surface area contributed by atoms with Gasteiger partial charge < -0.3 is 10.5 Å². The number of rotatable bonds is 3. The SMILES string of the molecule is COC(c1ncnc(N)n1)C(C)C. The number of nitrogens with two attached hydrogens (primary N) is 1. The first-order valence-electron chi connectivity index (χ1n) is 4.12. The first-order valence-corrected chi connectivity index (χ1v) is 4.12. The topological polar surface area (TPSA) is 73.9 Å². The summed E-state index contributed by atoms with van der Waals surface area (Å²) in [6, 6.07) is 0. The fraction of sp³-hybridized carbons (Fsp3) is 0.625. The van der Waals surface area contributed by atoms with Crippen molar-refractivity contribution in [1.29, 1.82) is 0 Å². The van der Waals surface area contributed by atoms with Crippen LogP contribution in [0.5, 0.6) is 0 Å². The Bertz CT molecular complexity index is 277. The molecule has 0 aliphatic carbocycles. The molecule has 1 aromatic heterocycles. The van der Waals surface area contributed by atoms with Crippen LogP contribution >= 0.6 is 0 Å². The normalized spacial score (nSPS) is 13.2. The molecule has 2 N–H and O–H groups in total. The van der Waals surface area contributed by atoms with Crippen LogP contribution in [0.25, 0.3) is 0 Å². The van der Waals surface area contributed by atoms with Crippen molar-refractivity contribution in [2.24, 2.45) is 5.92 Å². The number of nitrogen functional groups attached to an aromatic ring is 1. The average Bonchev–Trinajstić information content (AvgIpc) is 2.04. The predicted molar refractivity (Wildman–Crippen MR) is 48.8 cm³/mol. The maximum atomic E-state index is 5.43. The van der Waals surface area contributed by atoms with Crippen LogP contribution in [-0.2, 0) is 4.74 Å². The van der Waals surface area contributed by atoms with Crippen molar-refractivity contribution in [3.8, 4) is 0 Å². The summed E-state index contributed by atoms with van der Waals surface area (Å²) in [5, 5.41) is 0. The largest absolute Gasteiger partial charge is 0.373 e. The highest BCUT2D eigenvalue weighted by Gasteiger charge is 2.17. The van der Waals surface area contributed by atoms with Crippen LogP contribution < -0.4 is 5.73 Å². The van der Waals surface area contributed by atoms with Gasteiger partial charge in [0, 0.05) is 7.11 Å². The molecule has 1 unspecified atom stereocenters. The first-order chi connectivity index (χ1) is 6.15. The number of hydrogen-bond acceptors (Lipinski definition) is 5. The van der Waals surface area contributed by atoms with Crippen molar-refractivity contribution < 1.29 is 4.74 Å². The smallest absolute Gasteiger partial charge is 0.223 e. The molecule has 0 aromatic carbocycles. The third kappa shape index (κ3) is 2.35. The van der Waals surface area contributed by atoms with E-state index < -0.39 is 0 Å². The Morgan fingerprint density at radius 1 is 1.38 bits per heavy atom. The molecule has 5 nitrogen and oxygen atoms in total. The second-order valence-electron chi connectivity index (χ2n) is 3.10. The fourth-order valence-electron chi connectivity index (χ4n) is 1.14. The molecule has 1 heterocycles. The molecule has 1 atom stereocenters. The minimum Gasteiger partial charge on any atom is -0.373 e. The van der Waals surface area contributed by atoms with Crippen molar-refractivity contribution in [1.82, 2.24) is 15.0 Å². The molecule has 0 radical (unpaired) electrons. The molecule has 0 saturated heterocycles. The molecule has 1 rings (SSSR count). The van der Waals surface area contributed by atoms with E-state index in [4.69, 9.17) is 10.5 Å². The van der Waals surface area contributed by atoms with Crippen molar-refractivity contribution >= 4 is 5.95 Å². The number of aromatic nitrogens is 3. The molecule has 72 valence electrons. The molecule has 0 bridgehead atoms. The summed E-state index contributed by atoms with van der Waals surface area (Å²) in [6.07, 6.45) is 1.27. The molecule has 0 aliphatic rings. The average molecular weight is 182 g/mol. The quantitative estimate of drug-likeness (QED) is 0.748. The van der Waals surface area contributed by atoms with Gasteiger partial charge in [0.1, 0.15) is 12.4 Å². The van der Waals surface area contributed by atoms with E-state index in [-0.39, 0.29) is 12.1 Å². The van der Waals surface area contributed by atoms with E-state index in [1.165, 1.54) is 6.33 Å². The van der Waals surface area contributed by atoms with Crippen molar-refractivity contribution in [2.75, 3.05) is 12.8 Å². The van der Waals surface area contributed by atoms with Crippen molar-refractivity contribution in [3.63, 3.8) is 0 Å². The molecule has 13 heavy (non-hydrogen) atoms. The van der Waals surface area contributed by atoms with Gasteiger partial charge in [-0.25, -0.2) is 9.97 Å².